The van der Waals surface area contributed by atoms with Crippen molar-refractivity contribution in [3.63, 3.8) is 0 Å². The number of hydrogen-bond acceptors (Lipinski definition) is 3. The first kappa shape index (κ1) is 29.7. The van der Waals surface area contributed by atoms with Gasteiger partial charge >= 0.3 is 0 Å². The molecule has 244 valence electrons. The molecule has 0 fully saturated rings. The van der Waals surface area contributed by atoms with E-state index in [-0.39, 0.29) is 11.3 Å². The lowest BCUT2D eigenvalue weighted by atomic mass is 10.0. The standard InChI is InChI=1S/C46H28N4O2/c1-28-14-19-32(20-15-28)48-40-12-6-4-8-34(40)38-24-29(17-22-42(38)48)30-18-23-43-39(25-30)35-9-5-7-13-41(35)49(43)33-21-16-31(27-47)44(26-33)50-45(51)36-10-2-3-11-37(36)46(50)52/h2-26H,1H3. The van der Waals surface area contributed by atoms with Crippen LogP contribution in [0.15, 0.2) is 152 Å². The summed E-state index contributed by atoms with van der Waals surface area (Å²) >= 11 is 0. The molecule has 9 aromatic rings. The van der Waals surface area contributed by atoms with Gasteiger partial charge in [0.15, 0.2) is 0 Å². The molecule has 0 bridgehead atoms. The fourth-order valence-electron chi connectivity index (χ4n) is 7.90. The van der Waals surface area contributed by atoms with Crippen molar-refractivity contribution in [3.8, 4) is 28.6 Å². The van der Waals surface area contributed by atoms with Crippen LogP contribution in [0.2, 0.25) is 0 Å². The summed E-state index contributed by atoms with van der Waals surface area (Å²) in [5.74, 6) is -0.861. The summed E-state index contributed by atoms with van der Waals surface area (Å²) in [6.07, 6.45) is 0. The Morgan fingerprint density at radius 1 is 0.481 bits per heavy atom. The van der Waals surface area contributed by atoms with Crippen LogP contribution in [0.25, 0.3) is 66.1 Å². The fourth-order valence-corrected chi connectivity index (χ4v) is 7.90. The third-order valence-corrected chi connectivity index (χ3v) is 10.4. The van der Waals surface area contributed by atoms with Gasteiger partial charge in [0.25, 0.3) is 11.8 Å². The third kappa shape index (κ3) is 4.23. The minimum Gasteiger partial charge on any atom is -0.309 e. The van der Waals surface area contributed by atoms with Crippen molar-refractivity contribution < 1.29 is 9.59 Å². The zero-order valence-electron chi connectivity index (χ0n) is 28.0. The first-order chi connectivity index (χ1) is 25.5. The van der Waals surface area contributed by atoms with Gasteiger partial charge in [0.2, 0.25) is 0 Å². The Hall–Kier alpha value is -7.23. The number of amides is 2. The summed E-state index contributed by atoms with van der Waals surface area (Å²) in [4.78, 5) is 28.1. The largest absolute Gasteiger partial charge is 0.309 e. The number of carbonyl (C=O) groups excluding carboxylic acids is 2. The summed E-state index contributed by atoms with van der Waals surface area (Å²) in [6, 6.07) is 53.0. The van der Waals surface area contributed by atoms with Gasteiger partial charge in [-0.1, -0.05) is 78.4 Å². The normalized spacial score (nSPS) is 12.7. The first-order valence-corrected chi connectivity index (χ1v) is 17.2. The van der Waals surface area contributed by atoms with Crippen molar-refractivity contribution in [2.75, 3.05) is 4.90 Å². The first-order valence-electron chi connectivity index (χ1n) is 17.2. The highest BCUT2D eigenvalue weighted by molar-refractivity contribution is 6.34. The SMILES string of the molecule is Cc1ccc(-n2c3ccccc3c3cc(-c4ccc5c(c4)c4ccccc4n5-c4ccc(C#N)c(N5C(=O)c6ccccc6C5=O)c4)ccc32)cc1. The molecular formula is C46H28N4O2. The Morgan fingerprint density at radius 3 is 1.52 bits per heavy atom. The molecule has 1 aliphatic rings. The van der Waals surface area contributed by atoms with Gasteiger partial charge < -0.3 is 9.13 Å². The van der Waals surface area contributed by atoms with Crippen LogP contribution in [0.4, 0.5) is 5.69 Å². The molecule has 0 spiro atoms. The molecular weight excluding hydrogens is 641 g/mol. The topological polar surface area (TPSA) is 71.0 Å². The van der Waals surface area contributed by atoms with E-state index in [1.54, 1.807) is 36.4 Å². The summed E-state index contributed by atoms with van der Waals surface area (Å²) in [5, 5.41) is 14.6. The van der Waals surface area contributed by atoms with E-state index in [4.69, 9.17) is 0 Å². The zero-order valence-corrected chi connectivity index (χ0v) is 28.0. The fraction of sp³-hybridized carbons (Fsp3) is 0.0217. The lowest BCUT2D eigenvalue weighted by Gasteiger charge is -2.18. The van der Waals surface area contributed by atoms with Gasteiger partial charge in [-0.3, -0.25) is 9.59 Å². The molecule has 0 saturated heterocycles. The molecule has 1 aliphatic heterocycles. The van der Waals surface area contributed by atoms with Crippen LogP contribution < -0.4 is 4.90 Å². The molecule has 0 radical (unpaired) electrons. The number of aromatic nitrogens is 2. The third-order valence-electron chi connectivity index (χ3n) is 10.4. The molecule has 2 amide bonds. The molecule has 10 rings (SSSR count). The lowest BCUT2D eigenvalue weighted by Crippen LogP contribution is -2.30. The number of hydrogen-bond donors (Lipinski definition) is 0. The summed E-state index contributed by atoms with van der Waals surface area (Å²) in [7, 11) is 0. The second-order valence-electron chi connectivity index (χ2n) is 13.3. The predicted octanol–water partition coefficient (Wildman–Crippen LogP) is 10.5. The molecule has 0 saturated carbocycles. The highest BCUT2D eigenvalue weighted by atomic mass is 16.2. The number of imide groups is 1. The van der Waals surface area contributed by atoms with Gasteiger partial charge in [0.1, 0.15) is 6.07 Å². The van der Waals surface area contributed by atoms with Crippen LogP contribution >= 0.6 is 0 Å². The van der Waals surface area contributed by atoms with Gasteiger partial charge in [-0.25, -0.2) is 4.90 Å². The Bertz CT molecular complexity index is 3000. The van der Waals surface area contributed by atoms with Gasteiger partial charge in [0.05, 0.1) is 44.4 Å². The molecule has 0 N–H and O–H groups in total. The number of nitrogens with zero attached hydrogens (tertiary/aromatic N) is 4. The van der Waals surface area contributed by atoms with E-state index in [9.17, 15) is 14.9 Å². The van der Waals surface area contributed by atoms with Crippen molar-refractivity contribution in [3.05, 3.63) is 174 Å². The quantitative estimate of drug-likeness (QED) is 0.175. The number of carbonyl (C=O) groups is 2. The van der Waals surface area contributed by atoms with Gasteiger partial charge in [0, 0.05) is 32.9 Å². The molecule has 6 nitrogen and oxygen atoms in total. The maximum Gasteiger partial charge on any atom is 0.266 e. The Labute approximate surface area is 298 Å². The predicted molar refractivity (Wildman–Crippen MR) is 208 cm³/mol. The van der Waals surface area contributed by atoms with Crippen molar-refractivity contribution >= 4 is 61.1 Å². The lowest BCUT2D eigenvalue weighted by molar-refractivity contribution is 0.0926. The molecule has 7 aromatic carbocycles. The number of anilines is 1. The number of fused-ring (bicyclic) bond motifs is 7. The summed E-state index contributed by atoms with van der Waals surface area (Å²) in [5.41, 5.74) is 10.8. The molecule has 52 heavy (non-hydrogen) atoms. The highest BCUT2D eigenvalue weighted by Crippen LogP contribution is 2.39. The van der Waals surface area contributed by atoms with Crippen LogP contribution in [0, 0.1) is 18.3 Å². The average Bonchev–Trinajstić information content (AvgIpc) is 3.79. The highest BCUT2D eigenvalue weighted by Gasteiger charge is 2.37. The maximum absolute atomic E-state index is 13.5. The molecule has 3 heterocycles. The second-order valence-corrected chi connectivity index (χ2v) is 13.3. The Kier molecular flexibility index (Phi) is 6.36. The number of rotatable bonds is 4. The van der Waals surface area contributed by atoms with Crippen LogP contribution in [0.1, 0.15) is 31.8 Å². The number of nitriles is 1. The number of para-hydroxylation sites is 2. The van der Waals surface area contributed by atoms with Crippen molar-refractivity contribution in [2.45, 2.75) is 6.92 Å². The minimum absolute atomic E-state index is 0.250. The Morgan fingerprint density at radius 2 is 0.962 bits per heavy atom. The van der Waals surface area contributed by atoms with Crippen LogP contribution in [0.5, 0.6) is 0 Å². The van der Waals surface area contributed by atoms with E-state index >= 15 is 0 Å². The van der Waals surface area contributed by atoms with Crippen molar-refractivity contribution in [1.82, 2.24) is 9.13 Å². The minimum atomic E-state index is -0.430. The van der Waals surface area contributed by atoms with Gasteiger partial charge in [-0.05, 0) is 96.9 Å². The van der Waals surface area contributed by atoms with Crippen molar-refractivity contribution in [1.29, 1.82) is 5.26 Å². The van der Waals surface area contributed by atoms with E-state index < -0.39 is 11.8 Å². The molecule has 2 aromatic heterocycles. The molecule has 6 heteroatoms. The van der Waals surface area contributed by atoms with E-state index in [1.165, 1.54) is 21.9 Å². The number of aryl methyl sites for hydroxylation is 1. The van der Waals surface area contributed by atoms with Crippen LogP contribution in [-0.4, -0.2) is 20.9 Å². The Balaban J connectivity index is 1.13. The average molecular weight is 669 g/mol. The van der Waals surface area contributed by atoms with Crippen molar-refractivity contribution in [2.24, 2.45) is 0 Å². The summed E-state index contributed by atoms with van der Waals surface area (Å²) in [6.45, 7) is 2.11. The smallest absolute Gasteiger partial charge is 0.266 e. The van der Waals surface area contributed by atoms with Gasteiger partial charge in [-0.2, -0.15) is 5.26 Å². The molecule has 0 unspecified atom stereocenters. The summed E-state index contributed by atoms with van der Waals surface area (Å²) < 4.78 is 4.47. The van der Waals surface area contributed by atoms with Gasteiger partial charge in [-0.15, -0.1) is 0 Å². The second kappa shape index (κ2) is 11.1. The van der Waals surface area contributed by atoms with E-state index in [0.717, 1.165) is 54.7 Å². The van der Waals surface area contributed by atoms with E-state index in [0.29, 0.717) is 11.1 Å². The van der Waals surface area contributed by atoms with Crippen LogP contribution in [0.3, 0.4) is 0 Å². The molecule has 0 aliphatic carbocycles. The zero-order chi connectivity index (χ0) is 35.1. The van der Waals surface area contributed by atoms with E-state index in [2.05, 4.69) is 119 Å². The van der Waals surface area contributed by atoms with E-state index in [1.807, 2.05) is 18.2 Å². The maximum atomic E-state index is 13.5. The monoisotopic (exact) mass is 668 g/mol. The molecule has 0 atom stereocenters. The number of benzene rings is 7. The van der Waals surface area contributed by atoms with Crippen LogP contribution in [-0.2, 0) is 0 Å².